The fraction of sp³-hybridized carbons (Fsp3) is 0.846. The lowest BCUT2D eigenvalue weighted by atomic mass is 9.98. The van der Waals surface area contributed by atoms with Crippen molar-refractivity contribution in [3.8, 4) is 0 Å². The van der Waals surface area contributed by atoms with E-state index in [1.54, 1.807) is 20.8 Å². The maximum Gasteiger partial charge on any atom is 0.323 e. The Kier molecular flexibility index (Phi) is 5.14. The first kappa shape index (κ1) is 15.0. The Bertz CT molecular complexity index is 313. The lowest BCUT2D eigenvalue weighted by Gasteiger charge is -2.29. The van der Waals surface area contributed by atoms with Gasteiger partial charge >= 0.3 is 5.97 Å². The highest BCUT2D eigenvalue weighted by atomic mass is 16.4. The summed E-state index contributed by atoms with van der Waals surface area (Å²) >= 11 is 0. The lowest BCUT2D eigenvalue weighted by Crippen LogP contribution is -2.57. The van der Waals surface area contributed by atoms with E-state index in [4.69, 9.17) is 5.11 Å². The highest BCUT2D eigenvalue weighted by molar-refractivity contribution is 5.84. The molecule has 0 bridgehead atoms. The summed E-state index contributed by atoms with van der Waals surface area (Å²) in [4.78, 5) is 23.1. The molecule has 0 saturated heterocycles. The van der Waals surface area contributed by atoms with Gasteiger partial charge in [0.25, 0.3) is 0 Å². The van der Waals surface area contributed by atoms with Gasteiger partial charge in [0.05, 0.1) is 6.04 Å². The van der Waals surface area contributed by atoms with Crippen molar-refractivity contribution in [1.29, 1.82) is 0 Å². The number of carboxylic acid groups (broad SMARTS) is 1. The molecule has 0 spiro atoms. The summed E-state index contributed by atoms with van der Waals surface area (Å²) in [5.74, 6) is -1.03. The molecule has 1 saturated carbocycles. The zero-order valence-corrected chi connectivity index (χ0v) is 11.5. The highest BCUT2D eigenvalue weighted by Crippen LogP contribution is 2.18. The maximum atomic E-state index is 11.9. The second-order valence-corrected chi connectivity index (χ2v) is 5.35. The van der Waals surface area contributed by atoms with Crippen LogP contribution in [0.3, 0.4) is 0 Å². The molecule has 0 heterocycles. The van der Waals surface area contributed by atoms with E-state index in [0.717, 1.165) is 25.7 Å². The summed E-state index contributed by atoms with van der Waals surface area (Å²) in [6.07, 6.45) is 4.82. The number of carbonyl (C=O) groups excluding carboxylic acids is 1. The van der Waals surface area contributed by atoms with Crippen LogP contribution in [0.2, 0.25) is 0 Å². The van der Waals surface area contributed by atoms with E-state index in [2.05, 4.69) is 10.6 Å². The molecule has 0 aliphatic heterocycles. The normalized spacial score (nSPS) is 21.3. The Morgan fingerprint density at radius 2 is 1.94 bits per heavy atom. The van der Waals surface area contributed by atoms with Crippen LogP contribution >= 0.6 is 0 Å². The predicted molar refractivity (Wildman–Crippen MR) is 69.3 cm³/mol. The van der Waals surface area contributed by atoms with Crippen LogP contribution in [-0.4, -0.2) is 34.6 Å². The smallest absolute Gasteiger partial charge is 0.323 e. The highest BCUT2D eigenvalue weighted by Gasteiger charge is 2.34. The van der Waals surface area contributed by atoms with Gasteiger partial charge in [0, 0.05) is 6.04 Å². The molecule has 5 heteroatoms. The molecule has 0 aromatic carbocycles. The average Bonchev–Trinajstić information content (AvgIpc) is 2.81. The molecule has 1 aliphatic rings. The topological polar surface area (TPSA) is 78.4 Å². The van der Waals surface area contributed by atoms with Gasteiger partial charge in [0.2, 0.25) is 5.91 Å². The quantitative estimate of drug-likeness (QED) is 0.669. The second-order valence-electron chi connectivity index (χ2n) is 5.35. The van der Waals surface area contributed by atoms with Crippen LogP contribution in [0.5, 0.6) is 0 Å². The van der Waals surface area contributed by atoms with Crippen LogP contribution in [-0.2, 0) is 9.59 Å². The molecule has 0 radical (unpaired) electrons. The fourth-order valence-corrected chi connectivity index (χ4v) is 2.25. The van der Waals surface area contributed by atoms with Crippen molar-refractivity contribution in [3.05, 3.63) is 0 Å². The summed E-state index contributed by atoms with van der Waals surface area (Å²) < 4.78 is 0. The molecule has 1 amide bonds. The van der Waals surface area contributed by atoms with E-state index in [0.29, 0.717) is 6.42 Å². The van der Waals surface area contributed by atoms with E-state index in [9.17, 15) is 9.59 Å². The Labute approximate surface area is 108 Å². The van der Waals surface area contributed by atoms with Gasteiger partial charge in [-0.15, -0.1) is 0 Å². The number of amides is 1. The van der Waals surface area contributed by atoms with Gasteiger partial charge in [-0.2, -0.15) is 0 Å². The minimum absolute atomic E-state index is 0.108. The molecular weight excluding hydrogens is 232 g/mol. The molecule has 2 atom stereocenters. The van der Waals surface area contributed by atoms with E-state index in [-0.39, 0.29) is 11.9 Å². The molecule has 5 nitrogen and oxygen atoms in total. The van der Waals surface area contributed by atoms with Gasteiger partial charge in [-0.3, -0.25) is 14.9 Å². The molecule has 0 aromatic rings. The molecule has 1 aliphatic carbocycles. The number of carbonyl (C=O) groups is 2. The SMILES string of the molecule is CCC(C)(NC(C)C(=O)NC1CCCC1)C(=O)O. The number of carboxylic acids is 1. The number of hydrogen-bond acceptors (Lipinski definition) is 3. The molecular formula is C13H24N2O3. The monoisotopic (exact) mass is 256 g/mol. The van der Waals surface area contributed by atoms with Gasteiger partial charge in [0.15, 0.2) is 0 Å². The van der Waals surface area contributed by atoms with Crippen molar-refractivity contribution in [2.24, 2.45) is 0 Å². The Hall–Kier alpha value is -1.10. The van der Waals surface area contributed by atoms with Crippen LogP contribution in [0, 0.1) is 0 Å². The van der Waals surface area contributed by atoms with Gasteiger partial charge in [-0.25, -0.2) is 0 Å². The summed E-state index contributed by atoms with van der Waals surface area (Å²) in [7, 11) is 0. The maximum absolute atomic E-state index is 11.9. The summed E-state index contributed by atoms with van der Waals surface area (Å²) in [6.45, 7) is 5.11. The van der Waals surface area contributed by atoms with E-state index < -0.39 is 17.6 Å². The van der Waals surface area contributed by atoms with Crippen LogP contribution in [0.25, 0.3) is 0 Å². The van der Waals surface area contributed by atoms with E-state index in [1.807, 2.05) is 0 Å². The number of rotatable bonds is 6. The molecule has 3 N–H and O–H groups in total. The van der Waals surface area contributed by atoms with Crippen molar-refractivity contribution in [2.45, 2.75) is 70.5 Å². The zero-order chi connectivity index (χ0) is 13.8. The van der Waals surface area contributed by atoms with Gasteiger partial charge in [-0.1, -0.05) is 19.8 Å². The first-order valence-electron chi connectivity index (χ1n) is 6.70. The van der Waals surface area contributed by atoms with Crippen LogP contribution in [0.1, 0.15) is 52.9 Å². The number of nitrogens with one attached hydrogen (secondary N) is 2. The van der Waals surface area contributed by atoms with Crippen molar-refractivity contribution < 1.29 is 14.7 Å². The van der Waals surface area contributed by atoms with Crippen molar-refractivity contribution in [3.63, 3.8) is 0 Å². The third kappa shape index (κ3) is 3.70. The largest absolute Gasteiger partial charge is 0.480 e. The molecule has 1 fully saturated rings. The van der Waals surface area contributed by atoms with Crippen LogP contribution in [0.15, 0.2) is 0 Å². The molecule has 104 valence electrons. The summed E-state index contributed by atoms with van der Waals surface area (Å²) in [5, 5.41) is 15.0. The molecule has 18 heavy (non-hydrogen) atoms. The third-order valence-corrected chi connectivity index (χ3v) is 3.81. The van der Waals surface area contributed by atoms with E-state index >= 15 is 0 Å². The summed E-state index contributed by atoms with van der Waals surface area (Å²) in [6, 6.07) is -0.230. The van der Waals surface area contributed by atoms with E-state index in [1.165, 1.54) is 0 Å². The number of aliphatic carboxylic acids is 1. The van der Waals surface area contributed by atoms with Gasteiger partial charge in [0.1, 0.15) is 5.54 Å². The standard InChI is InChI=1S/C13H24N2O3/c1-4-13(3,12(17)18)15-9(2)11(16)14-10-7-5-6-8-10/h9-10,15H,4-8H2,1-3H3,(H,14,16)(H,17,18). The first-order valence-corrected chi connectivity index (χ1v) is 6.70. The first-order chi connectivity index (χ1) is 8.39. The van der Waals surface area contributed by atoms with Crippen molar-refractivity contribution >= 4 is 11.9 Å². The summed E-state index contributed by atoms with van der Waals surface area (Å²) in [5.41, 5.74) is -1.05. The minimum atomic E-state index is -1.05. The molecule has 0 aromatic heterocycles. The second kappa shape index (κ2) is 6.18. The average molecular weight is 256 g/mol. The van der Waals surface area contributed by atoms with Crippen molar-refractivity contribution in [1.82, 2.24) is 10.6 Å². The Morgan fingerprint density at radius 1 is 1.39 bits per heavy atom. The van der Waals surface area contributed by atoms with Crippen molar-refractivity contribution in [2.75, 3.05) is 0 Å². The molecule has 2 unspecified atom stereocenters. The van der Waals surface area contributed by atoms with Crippen LogP contribution in [0.4, 0.5) is 0 Å². The van der Waals surface area contributed by atoms with Gasteiger partial charge in [-0.05, 0) is 33.1 Å². The van der Waals surface area contributed by atoms with Crippen LogP contribution < -0.4 is 10.6 Å². The number of hydrogen-bond donors (Lipinski definition) is 3. The third-order valence-electron chi connectivity index (χ3n) is 3.81. The predicted octanol–water partition coefficient (Wildman–Crippen LogP) is 1.28. The molecule has 1 rings (SSSR count). The fourth-order valence-electron chi connectivity index (χ4n) is 2.25. The van der Waals surface area contributed by atoms with Gasteiger partial charge < -0.3 is 10.4 Å². The zero-order valence-electron chi connectivity index (χ0n) is 11.5. The Morgan fingerprint density at radius 3 is 2.39 bits per heavy atom. The Balaban J connectivity index is 2.50. The minimum Gasteiger partial charge on any atom is -0.480 e. The lowest BCUT2D eigenvalue weighted by molar-refractivity contribution is -0.145.